The van der Waals surface area contributed by atoms with Gasteiger partial charge in [0.2, 0.25) is 0 Å². The Labute approximate surface area is 109 Å². The zero-order valence-corrected chi connectivity index (χ0v) is 10.3. The van der Waals surface area contributed by atoms with E-state index < -0.39 is 23.0 Å². The lowest BCUT2D eigenvalue weighted by atomic mass is 9.89. The van der Waals surface area contributed by atoms with Crippen LogP contribution in [0.2, 0.25) is 0 Å². The summed E-state index contributed by atoms with van der Waals surface area (Å²) in [4.78, 5) is 3.86. The summed E-state index contributed by atoms with van der Waals surface area (Å²) in [6.45, 7) is 1.60. The first-order valence-corrected chi connectivity index (χ1v) is 5.74. The fourth-order valence-electron chi connectivity index (χ4n) is 1.87. The second-order valence-electron chi connectivity index (χ2n) is 4.66. The van der Waals surface area contributed by atoms with Crippen LogP contribution in [0.4, 0.5) is 13.2 Å². The number of rotatable bonds is 3. The summed E-state index contributed by atoms with van der Waals surface area (Å²) in [5, 5.41) is 0. The first kappa shape index (κ1) is 13.5. The van der Waals surface area contributed by atoms with E-state index in [1.165, 1.54) is 30.3 Å². The highest BCUT2D eigenvalue weighted by atomic mass is 19.1. The molecule has 0 fully saturated rings. The Hall–Kier alpha value is -1.88. The molecule has 1 aromatic heterocycles. The van der Waals surface area contributed by atoms with Gasteiger partial charge < -0.3 is 5.73 Å². The number of pyridine rings is 1. The van der Waals surface area contributed by atoms with Crippen LogP contribution in [0.15, 0.2) is 36.5 Å². The summed E-state index contributed by atoms with van der Waals surface area (Å²) < 4.78 is 40.0. The highest BCUT2D eigenvalue weighted by Gasteiger charge is 2.26. The van der Waals surface area contributed by atoms with E-state index in [1.807, 2.05) is 0 Å². The molecule has 0 aliphatic rings. The standard InChI is InChI=1S/C14H13F3N2/c1-14(18,13-6-5-9(15)8-19-13)7-10-11(16)3-2-4-12(10)17/h2-6,8H,7,18H2,1H3. The zero-order valence-electron chi connectivity index (χ0n) is 10.3. The van der Waals surface area contributed by atoms with E-state index in [-0.39, 0.29) is 12.0 Å². The van der Waals surface area contributed by atoms with Crippen LogP contribution in [-0.4, -0.2) is 4.98 Å². The van der Waals surface area contributed by atoms with Crippen molar-refractivity contribution >= 4 is 0 Å². The predicted octanol–water partition coefficient (Wildman–Crippen LogP) is 2.92. The maximum Gasteiger partial charge on any atom is 0.141 e. The number of nitrogens with two attached hydrogens (primary N) is 1. The van der Waals surface area contributed by atoms with Crippen molar-refractivity contribution in [2.75, 3.05) is 0 Å². The Morgan fingerprint density at radius 3 is 2.26 bits per heavy atom. The van der Waals surface area contributed by atoms with Crippen molar-refractivity contribution in [2.24, 2.45) is 5.73 Å². The van der Waals surface area contributed by atoms with E-state index in [2.05, 4.69) is 4.98 Å². The average Bonchev–Trinajstić information content (AvgIpc) is 2.35. The van der Waals surface area contributed by atoms with Gasteiger partial charge in [0.1, 0.15) is 17.5 Å². The van der Waals surface area contributed by atoms with Gasteiger partial charge in [0.25, 0.3) is 0 Å². The van der Waals surface area contributed by atoms with Crippen molar-refractivity contribution < 1.29 is 13.2 Å². The molecular weight excluding hydrogens is 253 g/mol. The quantitative estimate of drug-likeness (QED) is 0.927. The van der Waals surface area contributed by atoms with Gasteiger partial charge in [-0.2, -0.15) is 0 Å². The topological polar surface area (TPSA) is 38.9 Å². The molecule has 19 heavy (non-hydrogen) atoms. The third-order valence-electron chi connectivity index (χ3n) is 2.92. The molecule has 0 spiro atoms. The summed E-state index contributed by atoms with van der Waals surface area (Å²) in [5.74, 6) is -1.80. The van der Waals surface area contributed by atoms with E-state index in [4.69, 9.17) is 5.73 Å². The van der Waals surface area contributed by atoms with Crippen LogP contribution in [0.5, 0.6) is 0 Å². The summed E-state index contributed by atoms with van der Waals surface area (Å²) in [6.07, 6.45) is 0.961. The van der Waals surface area contributed by atoms with Crippen LogP contribution < -0.4 is 5.73 Å². The molecule has 2 nitrogen and oxygen atoms in total. The van der Waals surface area contributed by atoms with Gasteiger partial charge in [-0.25, -0.2) is 13.2 Å². The van der Waals surface area contributed by atoms with Crippen molar-refractivity contribution in [3.8, 4) is 0 Å². The average molecular weight is 266 g/mol. The Kier molecular flexibility index (Phi) is 3.57. The molecule has 1 unspecified atom stereocenters. The molecule has 0 bridgehead atoms. The Morgan fingerprint density at radius 1 is 1.11 bits per heavy atom. The molecular formula is C14H13F3N2. The molecule has 1 atom stereocenters. The first-order valence-electron chi connectivity index (χ1n) is 5.74. The van der Waals surface area contributed by atoms with Crippen LogP contribution in [0.25, 0.3) is 0 Å². The summed E-state index contributed by atoms with van der Waals surface area (Å²) in [7, 11) is 0. The van der Waals surface area contributed by atoms with Crippen molar-refractivity contribution in [2.45, 2.75) is 18.9 Å². The van der Waals surface area contributed by atoms with Crippen molar-refractivity contribution in [1.82, 2.24) is 4.98 Å². The fourth-order valence-corrected chi connectivity index (χ4v) is 1.87. The minimum absolute atomic E-state index is 0.0653. The fraction of sp³-hybridized carbons (Fsp3) is 0.214. The highest BCUT2D eigenvalue weighted by molar-refractivity contribution is 5.25. The number of nitrogens with zero attached hydrogens (tertiary/aromatic N) is 1. The minimum atomic E-state index is -1.09. The van der Waals surface area contributed by atoms with Gasteiger partial charge in [-0.15, -0.1) is 0 Å². The second kappa shape index (κ2) is 5.01. The second-order valence-corrected chi connectivity index (χ2v) is 4.66. The largest absolute Gasteiger partial charge is 0.320 e. The lowest BCUT2D eigenvalue weighted by Gasteiger charge is -2.24. The molecule has 2 aromatic rings. The summed E-state index contributed by atoms with van der Waals surface area (Å²) >= 11 is 0. The number of hydrogen-bond donors (Lipinski definition) is 1. The van der Waals surface area contributed by atoms with Crippen LogP contribution >= 0.6 is 0 Å². The lowest BCUT2D eigenvalue weighted by molar-refractivity contribution is 0.443. The third-order valence-corrected chi connectivity index (χ3v) is 2.92. The molecule has 2 N–H and O–H groups in total. The normalized spacial score (nSPS) is 14.2. The van der Waals surface area contributed by atoms with Gasteiger partial charge in [0.05, 0.1) is 17.4 Å². The maximum absolute atomic E-state index is 13.6. The Balaban J connectivity index is 2.33. The van der Waals surface area contributed by atoms with E-state index >= 15 is 0 Å². The molecule has 1 aromatic carbocycles. The number of halogens is 3. The van der Waals surface area contributed by atoms with Gasteiger partial charge in [-0.1, -0.05) is 6.07 Å². The van der Waals surface area contributed by atoms with Gasteiger partial charge in [0, 0.05) is 12.0 Å². The molecule has 0 aliphatic heterocycles. The minimum Gasteiger partial charge on any atom is -0.320 e. The van der Waals surface area contributed by atoms with Crippen molar-refractivity contribution in [3.05, 3.63) is 65.2 Å². The third kappa shape index (κ3) is 2.93. The molecule has 0 aliphatic carbocycles. The highest BCUT2D eigenvalue weighted by Crippen LogP contribution is 2.24. The summed E-state index contributed by atoms with van der Waals surface area (Å²) in [6, 6.07) is 6.26. The number of hydrogen-bond acceptors (Lipinski definition) is 2. The molecule has 5 heteroatoms. The molecule has 0 saturated heterocycles. The van der Waals surface area contributed by atoms with E-state index in [0.717, 1.165) is 6.20 Å². The van der Waals surface area contributed by atoms with Gasteiger partial charge in [0.15, 0.2) is 0 Å². The maximum atomic E-state index is 13.6. The number of aromatic nitrogens is 1. The van der Waals surface area contributed by atoms with Crippen LogP contribution in [0.1, 0.15) is 18.2 Å². The molecule has 2 rings (SSSR count). The lowest BCUT2D eigenvalue weighted by Crippen LogP contribution is -2.37. The Morgan fingerprint density at radius 2 is 1.74 bits per heavy atom. The molecule has 100 valence electrons. The van der Waals surface area contributed by atoms with Crippen LogP contribution in [0, 0.1) is 17.5 Å². The van der Waals surface area contributed by atoms with E-state index in [9.17, 15) is 13.2 Å². The monoisotopic (exact) mass is 266 g/mol. The van der Waals surface area contributed by atoms with Crippen LogP contribution in [0.3, 0.4) is 0 Å². The smallest absolute Gasteiger partial charge is 0.141 e. The molecule has 0 radical (unpaired) electrons. The summed E-state index contributed by atoms with van der Waals surface area (Å²) in [5.41, 5.74) is 5.23. The zero-order chi connectivity index (χ0) is 14.0. The molecule has 0 saturated carbocycles. The van der Waals surface area contributed by atoms with Gasteiger partial charge in [-0.05, 0) is 31.2 Å². The first-order chi connectivity index (χ1) is 8.90. The number of benzene rings is 1. The Bertz CT molecular complexity index is 559. The predicted molar refractivity (Wildman–Crippen MR) is 65.8 cm³/mol. The van der Waals surface area contributed by atoms with Crippen LogP contribution in [-0.2, 0) is 12.0 Å². The van der Waals surface area contributed by atoms with Crippen molar-refractivity contribution in [3.63, 3.8) is 0 Å². The van der Waals surface area contributed by atoms with Gasteiger partial charge >= 0.3 is 0 Å². The van der Waals surface area contributed by atoms with E-state index in [0.29, 0.717) is 5.69 Å². The molecule has 1 heterocycles. The SMILES string of the molecule is CC(N)(Cc1c(F)cccc1F)c1ccc(F)cn1. The van der Waals surface area contributed by atoms with E-state index in [1.54, 1.807) is 6.92 Å². The van der Waals surface area contributed by atoms with Gasteiger partial charge in [-0.3, -0.25) is 4.98 Å². The molecule has 0 amide bonds. The van der Waals surface area contributed by atoms with Crippen molar-refractivity contribution in [1.29, 1.82) is 0 Å².